The standard InChI is InChI=1S/C19H28N2O3/c1-2-15-9-6-12-21(14-15)19(24)20-17(10-11-18(22)23)13-16-7-4-3-5-8-16/h3-5,7-8,15,17H,2,6,9-14H2,1H3,(H,20,24)(H,22,23). The number of carboxylic acids is 1. The summed E-state index contributed by atoms with van der Waals surface area (Å²) in [6.45, 7) is 3.76. The highest BCUT2D eigenvalue weighted by Gasteiger charge is 2.24. The number of rotatable bonds is 7. The van der Waals surface area contributed by atoms with Crippen LogP contribution in [0.2, 0.25) is 0 Å². The fourth-order valence-corrected chi connectivity index (χ4v) is 3.27. The number of aliphatic carboxylic acids is 1. The zero-order valence-electron chi connectivity index (χ0n) is 14.4. The molecule has 0 aromatic heterocycles. The van der Waals surface area contributed by atoms with Crippen LogP contribution < -0.4 is 5.32 Å². The fourth-order valence-electron chi connectivity index (χ4n) is 3.27. The number of benzene rings is 1. The monoisotopic (exact) mass is 332 g/mol. The van der Waals surface area contributed by atoms with Crippen molar-refractivity contribution in [2.24, 2.45) is 5.92 Å². The molecule has 5 nitrogen and oxygen atoms in total. The Morgan fingerprint density at radius 2 is 2.08 bits per heavy atom. The van der Waals surface area contributed by atoms with Crippen molar-refractivity contribution in [3.8, 4) is 0 Å². The van der Waals surface area contributed by atoms with Crippen molar-refractivity contribution in [1.29, 1.82) is 0 Å². The molecule has 24 heavy (non-hydrogen) atoms. The van der Waals surface area contributed by atoms with Crippen LogP contribution in [-0.4, -0.2) is 41.1 Å². The Bertz CT molecular complexity index is 533. The maximum absolute atomic E-state index is 12.6. The summed E-state index contributed by atoms with van der Waals surface area (Å²) in [6.07, 6.45) is 4.49. The summed E-state index contributed by atoms with van der Waals surface area (Å²) in [7, 11) is 0. The predicted octanol–water partition coefficient (Wildman–Crippen LogP) is 3.29. The van der Waals surface area contributed by atoms with Gasteiger partial charge >= 0.3 is 12.0 Å². The third-order valence-electron chi connectivity index (χ3n) is 4.74. The third kappa shape index (κ3) is 5.87. The molecule has 2 amide bonds. The second-order valence-electron chi connectivity index (χ2n) is 6.63. The van der Waals surface area contributed by atoms with Crippen LogP contribution in [0, 0.1) is 5.92 Å². The molecule has 2 unspecified atom stereocenters. The molecular formula is C19H28N2O3. The Morgan fingerprint density at radius 1 is 1.33 bits per heavy atom. The van der Waals surface area contributed by atoms with Gasteiger partial charge in [-0.1, -0.05) is 43.7 Å². The Kier molecular flexibility index (Phi) is 7.09. The Hall–Kier alpha value is -2.04. The minimum Gasteiger partial charge on any atom is -0.481 e. The lowest BCUT2D eigenvalue weighted by Crippen LogP contribution is -2.49. The van der Waals surface area contributed by atoms with Crippen molar-refractivity contribution in [3.05, 3.63) is 35.9 Å². The number of piperidine rings is 1. The number of carboxylic acid groups (broad SMARTS) is 1. The van der Waals surface area contributed by atoms with Crippen LogP contribution in [0.4, 0.5) is 4.79 Å². The van der Waals surface area contributed by atoms with E-state index >= 15 is 0 Å². The zero-order chi connectivity index (χ0) is 17.4. The van der Waals surface area contributed by atoms with E-state index in [2.05, 4.69) is 12.2 Å². The van der Waals surface area contributed by atoms with Crippen molar-refractivity contribution < 1.29 is 14.7 Å². The number of carbonyl (C=O) groups is 2. The van der Waals surface area contributed by atoms with Gasteiger partial charge < -0.3 is 15.3 Å². The van der Waals surface area contributed by atoms with Crippen LogP contribution in [0.1, 0.15) is 44.6 Å². The average Bonchev–Trinajstić information content (AvgIpc) is 2.60. The molecular weight excluding hydrogens is 304 g/mol. The predicted molar refractivity (Wildman–Crippen MR) is 93.9 cm³/mol. The molecule has 1 saturated heterocycles. The molecule has 1 heterocycles. The molecule has 1 aliphatic heterocycles. The molecule has 2 atom stereocenters. The Balaban J connectivity index is 1.95. The van der Waals surface area contributed by atoms with Gasteiger partial charge in [0.15, 0.2) is 0 Å². The van der Waals surface area contributed by atoms with E-state index in [1.807, 2.05) is 35.2 Å². The Labute approximate surface area is 144 Å². The van der Waals surface area contributed by atoms with E-state index in [0.29, 0.717) is 18.8 Å². The van der Waals surface area contributed by atoms with E-state index < -0.39 is 5.97 Å². The summed E-state index contributed by atoms with van der Waals surface area (Å²) < 4.78 is 0. The van der Waals surface area contributed by atoms with Crippen LogP contribution in [0.5, 0.6) is 0 Å². The number of carbonyl (C=O) groups excluding carboxylic acids is 1. The minimum absolute atomic E-state index is 0.0560. The van der Waals surface area contributed by atoms with Gasteiger partial charge in [-0.3, -0.25) is 4.79 Å². The van der Waals surface area contributed by atoms with Gasteiger partial charge in [0, 0.05) is 25.6 Å². The number of likely N-dealkylation sites (tertiary alicyclic amines) is 1. The first-order valence-electron chi connectivity index (χ1n) is 8.89. The molecule has 2 rings (SSSR count). The molecule has 1 fully saturated rings. The maximum Gasteiger partial charge on any atom is 0.317 e. The second kappa shape index (κ2) is 9.30. The molecule has 0 aliphatic carbocycles. The van der Waals surface area contributed by atoms with Gasteiger partial charge in [0.2, 0.25) is 0 Å². The average molecular weight is 332 g/mol. The summed E-state index contributed by atoms with van der Waals surface area (Å²) in [5.74, 6) is -0.248. The topological polar surface area (TPSA) is 69.6 Å². The number of nitrogens with zero attached hydrogens (tertiary/aromatic N) is 1. The van der Waals surface area contributed by atoms with Crippen molar-refractivity contribution in [1.82, 2.24) is 10.2 Å². The molecule has 0 radical (unpaired) electrons. The third-order valence-corrected chi connectivity index (χ3v) is 4.74. The van der Waals surface area contributed by atoms with E-state index in [1.165, 1.54) is 6.42 Å². The normalized spacial score (nSPS) is 18.9. The van der Waals surface area contributed by atoms with Crippen molar-refractivity contribution in [2.75, 3.05) is 13.1 Å². The van der Waals surface area contributed by atoms with E-state index in [-0.39, 0.29) is 18.5 Å². The van der Waals surface area contributed by atoms with Gasteiger partial charge in [-0.05, 0) is 37.2 Å². The lowest BCUT2D eigenvalue weighted by Gasteiger charge is -2.33. The smallest absolute Gasteiger partial charge is 0.317 e. The van der Waals surface area contributed by atoms with E-state index in [1.54, 1.807) is 0 Å². The van der Waals surface area contributed by atoms with Gasteiger partial charge in [-0.2, -0.15) is 0 Å². The number of urea groups is 1. The number of nitrogens with one attached hydrogen (secondary N) is 1. The van der Waals surface area contributed by atoms with Crippen molar-refractivity contribution in [2.45, 2.75) is 51.5 Å². The first-order valence-corrected chi connectivity index (χ1v) is 8.89. The Morgan fingerprint density at radius 3 is 2.75 bits per heavy atom. The summed E-state index contributed by atoms with van der Waals surface area (Å²) in [5, 5.41) is 12.0. The van der Waals surface area contributed by atoms with Gasteiger partial charge in [0.05, 0.1) is 0 Å². The minimum atomic E-state index is -0.827. The molecule has 5 heteroatoms. The van der Waals surface area contributed by atoms with E-state index in [0.717, 1.165) is 31.5 Å². The van der Waals surface area contributed by atoms with Crippen LogP contribution in [0.25, 0.3) is 0 Å². The maximum atomic E-state index is 12.6. The summed E-state index contributed by atoms with van der Waals surface area (Å²) in [6, 6.07) is 9.68. The van der Waals surface area contributed by atoms with Crippen LogP contribution in [0.15, 0.2) is 30.3 Å². The lowest BCUT2D eigenvalue weighted by atomic mass is 9.96. The van der Waals surface area contributed by atoms with E-state index in [4.69, 9.17) is 5.11 Å². The summed E-state index contributed by atoms with van der Waals surface area (Å²) >= 11 is 0. The highest BCUT2D eigenvalue weighted by Crippen LogP contribution is 2.19. The van der Waals surface area contributed by atoms with Crippen molar-refractivity contribution >= 4 is 12.0 Å². The molecule has 0 spiro atoms. The quantitative estimate of drug-likeness (QED) is 0.805. The number of hydrogen-bond donors (Lipinski definition) is 2. The van der Waals surface area contributed by atoms with E-state index in [9.17, 15) is 9.59 Å². The molecule has 1 aromatic rings. The molecule has 132 valence electrons. The molecule has 1 aliphatic rings. The molecule has 1 aromatic carbocycles. The van der Waals surface area contributed by atoms with Gasteiger partial charge in [0.1, 0.15) is 0 Å². The van der Waals surface area contributed by atoms with Crippen molar-refractivity contribution in [3.63, 3.8) is 0 Å². The molecule has 0 saturated carbocycles. The van der Waals surface area contributed by atoms with Crippen LogP contribution >= 0.6 is 0 Å². The van der Waals surface area contributed by atoms with Crippen LogP contribution in [0.3, 0.4) is 0 Å². The molecule has 2 N–H and O–H groups in total. The zero-order valence-corrected chi connectivity index (χ0v) is 14.4. The lowest BCUT2D eigenvalue weighted by molar-refractivity contribution is -0.137. The fraction of sp³-hybridized carbons (Fsp3) is 0.579. The first kappa shape index (κ1) is 18.3. The van der Waals surface area contributed by atoms with Crippen LogP contribution in [-0.2, 0) is 11.2 Å². The first-order chi connectivity index (χ1) is 11.6. The molecule has 0 bridgehead atoms. The SMILES string of the molecule is CCC1CCCN(C(=O)NC(CCC(=O)O)Cc2ccccc2)C1. The largest absolute Gasteiger partial charge is 0.481 e. The second-order valence-corrected chi connectivity index (χ2v) is 6.63. The van der Waals surface area contributed by atoms with Gasteiger partial charge in [-0.25, -0.2) is 4.79 Å². The van der Waals surface area contributed by atoms with Gasteiger partial charge in [-0.15, -0.1) is 0 Å². The summed E-state index contributed by atoms with van der Waals surface area (Å²) in [4.78, 5) is 25.4. The highest BCUT2D eigenvalue weighted by atomic mass is 16.4. The summed E-state index contributed by atoms with van der Waals surface area (Å²) in [5.41, 5.74) is 1.11. The number of hydrogen-bond acceptors (Lipinski definition) is 2. The number of amides is 2. The highest BCUT2D eigenvalue weighted by molar-refractivity contribution is 5.75. The van der Waals surface area contributed by atoms with Gasteiger partial charge in [0.25, 0.3) is 0 Å².